The molecule has 0 aliphatic heterocycles. The number of imidazole rings is 1. The average molecular weight is 400 g/mol. The summed E-state index contributed by atoms with van der Waals surface area (Å²) in [7, 11) is 0. The molecule has 11 nitrogen and oxygen atoms in total. The van der Waals surface area contributed by atoms with Gasteiger partial charge < -0.3 is 32.2 Å². The maximum atomic E-state index is 12.4. The molecule has 12 heteroatoms. The van der Waals surface area contributed by atoms with Gasteiger partial charge in [-0.2, -0.15) is 11.8 Å². The van der Waals surface area contributed by atoms with E-state index in [1.807, 2.05) is 6.26 Å². The third kappa shape index (κ3) is 8.09. The van der Waals surface area contributed by atoms with Crippen LogP contribution in [0, 0.1) is 0 Å². The molecule has 1 aromatic heterocycles. The average Bonchev–Trinajstić information content (AvgIpc) is 3.10. The van der Waals surface area contributed by atoms with E-state index in [-0.39, 0.29) is 6.42 Å². The quantitative estimate of drug-likeness (QED) is 0.231. The summed E-state index contributed by atoms with van der Waals surface area (Å²) in [5.74, 6) is -2.92. The summed E-state index contributed by atoms with van der Waals surface area (Å²) in [6.07, 6.45) is 4.52. The molecule has 27 heavy (non-hydrogen) atoms. The third-order valence-corrected chi connectivity index (χ3v) is 4.25. The van der Waals surface area contributed by atoms with E-state index in [4.69, 9.17) is 11.5 Å². The smallest absolute Gasteiger partial charge is 0.326 e. The summed E-state index contributed by atoms with van der Waals surface area (Å²) in [5, 5.41) is 14.0. The topological polar surface area (TPSA) is 193 Å². The number of hydrogen-bond acceptors (Lipinski definition) is 7. The lowest BCUT2D eigenvalue weighted by Crippen LogP contribution is -2.55. The predicted molar refractivity (Wildman–Crippen MR) is 98.6 cm³/mol. The lowest BCUT2D eigenvalue weighted by molar-refractivity contribution is -0.142. The number of nitrogens with one attached hydrogen (secondary N) is 3. The molecule has 0 bridgehead atoms. The molecule has 0 spiro atoms. The Kier molecular flexibility index (Phi) is 9.30. The molecular formula is C15H24N6O5S. The van der Waals surface area contributed by atoms with Crippen LogP contribution in [0.1, 0.15) is 18.5 Å². The Balaban J connectivity index is 2.78. The Morgan fingerprint density at radius 1 is 1.26 bits per heavy atom. The number of primary amides is 1. The Morgan fingerprint density at radius 2 is 1.93 bits per heavy atom. The van der Waals surface area contributed by atoms with Crippen molar-refractivity contribution in [2.75, 3.05) is 12.0 Å². The summed E-state index contributed by atoms with van der Waals surface area (Å²) in [6.45, 7) is 0. The number of aromatic nitrogens is 2. The SMILES string of the molecule is CSCC[C@H](N)C(=O)N[C@@H](CC(N)=O)C(=O)N[C@@H](Cc1cnc[nH]1)C(=O)O. The summed E-state index contributed by atoms with van der Waals surface area (Å²) in [6, 6.07) is -3.46. The molecule has 0 aliphatic carbocycles. The van der Waals surface area contributed by atoms with Crippen molar-refractivity contribution in [1.82, 2.24) is 20.6 Å². The number of rotatable bonds is 12. The van der Waals surface area contributed by atoms with E-state index in [2.05, 4.69) is 20.6 Å². The van der Waals surface area contributed by atoms with Gasteiger partial charge in [0.15, 0.2) is 0 Å². The monoisotopic (exact) mass is 400 g/mol. The van der Waals surface area contributed by atoms with Gasteiger partial charge in [0.1, 0.15) is 12.1 Å². The van der Waals surface area contributed by atoms with Crippen LogP contribution in [0.3, 0.4) is 0 Å². The van der Waals surface area contributed by atoms with Crippen LogP contribution in [0.2, 0.25) is 0 Å². The van der Waals surface area contributed by atoms with E-state index in [0.717, 1.165) is 0 Å². The van der Waals surface area contributed by atoms with Gasteiger partial charge in [-0.25, -0.2) is 9.78 Å². The highest BCUT2D eigenvalue weighted by Crippen LogP contribution is 2.03. The maximum Gasteiger partial charge on any atom is 0.326 e. The molecule has 3 amide bonds. The number of carboxylic acid groups (broad SMARTS) is 1. The second-order valence-corrected chi connectivity index (χ2v) is 6.79. The van der Waals surface area contributed by atoms with Crippen LogP contribution in [-0.4, -0.2) is 68.9 Å². The molecule has 0 aromatic carbocycles. The van der Waals surface area contributed by atoms with E-state index in [9.17, 15) is 24.3 Å². The molecule has 1 rings (SSSR count). The van der Waals surface area contributed by atoms with Gasteiger partial charge in [0, 0.05) is 18.3 Å². The number of hydrogen-bond donors (Lipinski definition) is 6. The summed E-state index contributed by atoms with van der Waals surface area (Å²) < 4.78 is 0. The zero-order valence-corrected chi connectivity index (χ0v) is 15.6. The van der Waals surface area contributed by atoms with E-state index in [0.29, 0.717) is 17.9 Å². The van der Waals surface area contributed by atoms with Crippen LogP contribution in [0.4, 0.5) is 0 Å². The molecule has 0 saturated heterocycles. The first-order valence-corrected chi connectivity index (χ1v) is 9.47. The van der Waals surface area contributed by atoms with Gasteiger partial charge in [-0.1, -0.05) is 0 Å². The fraction of sp³-hybridized carbons (Fsp3) is 0.533. The lowest BCUT2D eigenvalue weighted by atomic mass is 10.1. The normalized spacial score (nSPS) is 14.0. The molecule has 0 unspecified atom stereocenters. The van der Waals surface area contributed by atoms with Gasteiger partial charge in [0.25, 0.3) is 0 Å². The van der Waals surface area contributed by atoms with Crippen molar-refractivity contribution in [3.8, 4) is 0 Å². The van der Waals surface area contributed by atoms with Crippen LogP contribution in [0.5, 0.6) is 0 Å². The Morgan fingerprint density at radius 3 is 2.44 bits per heavy atom. The molecule has 0 saturated carbocycles. The molecule has 8 N–H and O–H groups in total. The van der Waals surface area contributed by atoms with Gasteiger partial charge in [-0.3, -0.25) is 14.4 Å². The number of nitrogens with two attached hydrogens (primary N) is 2. The van der Waals surface area contributed by atoms with Crippen LogP contribution >= 0.6 is 11.8 Å². The van der Waals surface area contributed by atoms with Crippen LogP contribution < -0.4 is 22.1 Å². The highest BCUT2D eigenvalue weighted by Gasteiger charge is 2.29. The van der Waals surface area contributed by atoms with Gasteiger partial charge in [0.2, 0.25) is 17.7 Å². The minimum absolute atomic E-state index is 0.0501. The van der Waals surface area contributed by atoms with Gasteiger partial charge in [-0.15, -0.1) is 0 Å². The van der Waals surface area contributed by atoms with Crippen LogP contribution in [-0.2, 0) is 25.6 Å². The maximum absolute atomic E-state index is 12.4. The van der Waals surface area contributed by atoms with Crippen LogP contribution in [0.15, 0.2) is 12.5 Å². The summed E-state index contributed by atoms with van der Waals surface area (Å²) in [4.78, 5) is 53.7. The van der Waals surface area contributed by atoms with Crippen molar-refractivity contribution in [3.63, 3.8) is 0 Å². The first-order valence-electron chi connectivity index (χ1n) is 8.08. The Bertz CT molecular complexity index is 653. The summed E-state index contributed by atoms with van der Waals surface area (Å²) in [5.41, 5.74) is 11.4. The highest BCUT2D eigenvalue weighted by atomic mass is 32.2. The Labute approximate surface area is 160 Å². The van der Waals surface area contributed by atoms with Gasteiger partial charge in [-0.05, 0) is 18.4 Å². The number of carboxylic acids is 1. The molecule has 0 fully saturated rings. The number of aromatic amines is 1. The largest absolute Gasteiger partial charge is 0.480 e. The minimum Gasteiger partial charge on any atom is -0.480 e. The molecule has 1 heterocycles. The number of amides is 3. The Hall–Kier alpha value is -2.60. The number of carbonyl (C=O) groups is 4. The van der Waals surface area contributed by atoms with E-state index in [1.165, 1.54) is 24.3 Å². The van der Waals surface area contributed by atoms with Crippen molar-refractivity contribution in [3.05, 3.63) is 18.2 Å². The first-order chi connectivity index (χ1) is 12.7. The van der Waals surface area contributed by atoms with E-state index >= 15 is 0 Å². The third-order valence-electron chi connectivity index (χ3n) is 3.60. The van der Waals surface area contributed by atoms with E-state index in [1.54, 1.807) is 0 Å². The number of H-pyrrole nitrogens is 1. The van der Waals surface area contributed by atoms with Crippen molar-refractivity contribution in [1.29, 1.82) is 0 Å². The molecule has 150 valence electrons. The molecule has 3 atom stereocenters. The molecule has 1 aromatic rings. The fourth-order valence-electron chi connectivity index (χ4n) is 2.15. The lowest BCUT2D eigenvalue weighted by Gasteiger charge is -2.22. The van der Waals surface area contributed by atoms with E-state index < -0.39 is 48.2 Å². The van der Waals surface area contributed by atoms with Gasteiger partial charge in [0.05, 0.1) is 18.8 Å². The summed E-state index contributed by atoms with van der Waals surface area (Å²) >= 11 is 1.51. The first kappa shape index (κ1) is 22.4. The molecule has 0 aliphatic rings. The number of thioether (sulfide) groups is 1. The van der Waals surface area contributed by atoms with Crippen molar-refractivity contribution in [2.24, 2.45) is 11.5 Å². The highest BCUT2D eigenvalue weighted by molar-refractivity contribution is 7.98. The van der Waals surface area contributed by atoms with Crippen molar-refractivity contribution >= 4 is 35.5 Å². The van der Waals surface area contributed by atoms with Crippen molar-refractivity contribution in [2.45, 2.75) is 37.4 Å². The standard InChI is InChI=1S/C15H24N6O5S/c1-27-3-2-9(16)13(23)20-10(5-12(17)22)14(24)21-11(15(25)26)4-8-6-18-7-19-8/h6-7,9-11H,2-5,16H2,1H3,(H2,17,22)(H,18,19)(H,20,23)(H,21,24)(H,25,26)/t9-,10-,11-/m0/s1. The number of nitrogens with zero attached hydrogens (tertiary/aromatic N) is 1. The number of carbonyl (C=O) groups excluding carboxylic acids is 3. The fourth-order valence-corrected chi connectivity index (χ4v) is 2.64. The predicted octanol–water partition coefficient (Wildman–Crippen LogP) is -2.04. The van der Waals surface area contributed by atoms with Gasteiger partial charge >= 0.3 is 5.97 Å². The zero-order chi connectivity index (χ0) is 20.4. The molecule has 0 radical (unpaired) electrons. The second kappa shape index (κ2) is 11.2. The van der Waals surface area contributed by atoms with Crippen LogP contribution in [0.25, 0.3) is 0 Å². The van der Waals surface area contributed by atoms with Crippen molar-refractivity contribution < 1.29 is 24.3 Å². The molecular weight excluding hydrogens is 376 g/mol. The zero-order valence-electron chi connectivity index (χ0n) is 14.8. The number of aliphatic carboxylic acids is 1. The second-order valence-electron chi connectivity index (χ2n) is 5.80. The minimum atomic E-state index is -1.32.